The van der Waals surface area contributed by atoms with Gasteiger partial charge in [-0.15, -0.1) is 0 Å². The number of aryl methyl sites for hydroxylation is 1. The lowest BCUT2D eigenvalue weighted by Crippen LogP contribution is -2.45. The van der Waals surface area contributed by atoms with Gasteiger partial charge in [0.25, 0.3) is 0 Å². The highest BCUT2D eigenvalue weighted by Crippen LogP contribution is 2.20. The molecule has 3 nitrogen and oxygen atoms in total. The second-order valence-electron chi connectivity index (χ2n) is 5.09. The first-order chi connectivity index (χ1) is 9.51. The molecule has 0 aliphatic rings. The summed E-state index contributed by atoms with van der Waals surface area (Å²) in [6, 6.07) is 7.47. The van der Waals surface area contributed by atoms with Gasteiger partial charge in [-0.25, -0.2) is 4.39 Å². The Labute approximate surface area is 122 Å². The molecule has 0 aliphatic carbocycles. The van der Waals surface area contributed by atoms with E-state index in [1.807, 2.05) is 26.0 Å². The van der Waals surface area contributed by atoms with Crippen molar-refractivity contribution >= 4 is 8.80 Å². The zero-order valence-corrected chi connectivity index (χ0v) is 13.8. The summed E-state index contributed by atoms with van der Waals surface area (Å²) in [4.78, 5) is 0. The molecule has 0 saturated heterocycles. The molecule has 1 aromatic carbocycles. The van der Waals surface area contributed by atoms with E-state index in [2.05, 4.69) is 0 Å². The Kier molecular flexibility index (Phi) is 7.37. The van der Waals surface area contributed by atoms with Crippen LogP contribution in [0.5, 0.6) is 0 Å². The molecule has 0 heterocycles. The molecule has 0 aromatic heterocycles. The molecule has 0 unspecified atom stereocenters. The highest BCUT2D eigenvalue weighted by Gasteiger charge is 2.39. The standard InChI is InChI=1S/C15H25FO3Si/c1-13(2)19-20(17-3,18-4)12-6-5-7-14-8-10-15(16)11-9-14/h8-11,13H,5-7,12H2,1-4H3. The van der Waals surface area contributed by atoms with Crippen LogP contribution in [0.1, 0.15) is 32.3 Å². The van der Waals surface area contributed by atoms with Crippen molar-refractivity contribution in [2.45, 2.75) is 45.3 Å². The van der Waals surface area contributed by atoms with Crippen molar-refractivity contribution in [3.05, 3.63) is 35.6 Å². The van der Waals surface area contributed by atoms with Crippen LogP contribution in [0.3, 0.4) is 0 Å². The fourth-order valence-corrected chi connectivity index (χ4v) is 4.41. The lowest BCUT2D eigenvalue weighted by Gasteiger charge is -2.28. The first-order valence-electron chi connectivity index (χ1n) is 7.04. The van der Waals surface area contributed by atoms with E-state index in [9.17, 15) is 4.39 Å². The summed E-state index contributed by atoms with van der Waals surface area (Å²) in [5.41, 5.74) is 1.15. The first-order valence-corrected chi connectivity index (χ1v) is 8.97. The summed E-state index contributed by atoms with van der Waals surface area (Å²) in [5.74, 6) is -0.190. The zero-order valence-electron chi connectivity index (χ0n) is 12.8. The van der Waals surface area contributed by atoms with Crippen molar-refractivity contribution in [3.8, 4) is 0 Å². The molecule has 0 N–H and O–H groups in total. The Bertz CT molecular complexity index is 377. The number of hydrogen-bond acceptors (Lipinski definition) is 3. The second-order valence-corrected chi connectivity index (χ2v) is 8.01. The summed E-state index contributed by atoms with van der Waals surface area (Å²) >= 11 is 0. The largest absolute Gasteiger partial charge is 0.500 e. The predicted molar refractivity (Wildman–Crippen MR) is 80.1 cm³/mol. The van der Waals surface area contributed by atoms with E-state index in [4.69, 9.17) is 13.3 Å². The van der Waals surface area contributed by atoms with E-state index in [0.29, 0.717) is 0 Å². The van der Waals surface area contributed by atoms with Crippen LogP contribution >= 0.6 is 0 Å². The number of benzene rings is 1. The predicted octanol–water partition coefficient (Wildman–Crippen LogP) is 3.81. The van der Waals surface area contributed by atoms with E-state index < -0.39 is 8.80 Å². The molecule has 0 bridgehead atoms. The third-order valence-electron chi connectivity index (χ3n) is 3.15. The van der Waals surface area contributed by atoms with Gasteiger partial charge in [0.05, 0.1) is 0 Å². The highest BCUT2D eigenvalue weighted by molar-refractivity contribution is 6.60. The van der Waals surface area contributed by atoms with Gasteiger partial charge in [0.2, 0.25) is 0 Å². The van der Waals surface area contributed by atoms with Crippen LogP contribution in [0.15, 0.2) is 24.3 Å². The van der Waals surface area contributed by atoms with E-state index in [1.165, 1.54) is 12.1 Å². The van der Waals surface area contributed by atoms with Gasteiger partial charge in [-0.05, 0) is 50.8 Å². The molecule has 1 aromatic rings. The third-order valence-corrected chi connectivity index (χ3v) is 6.19. The van der Waals surface area contributed by atoms with E-state index >= 15 is 0 Å². The van der Waals surface area contributed by atoms with Crippen molar-refractivity contribution in [3.63, 3.8) is 0 Å². The fourth-order valence-electron chi connectivity index (χ4n) is 2.12. The highest BCUT2D eigenvalue weighted by atomic mass is 28.4. The minimum absolute atomic E-state index is 0.0960. The van der Waals surface area contributed by atoms with Gasteiger partial charge in [-0.1, -0.05) is 12.1 Å². The van der Waals surface area contributed by atoms with Gasteiger partial charge in [0, 0.05) is 26.4 Å². The Hall–Kier alpha value is -0.753. The molecule has 20 heavy (non-hydrogen) atoms. The summed E-state index contributed by atoms with van der Waals surface area (Å²) in [6.45, 7) is 3.97. The van der Waals surface area contributed by atoms with Crippen LogP contribution in [0.25, 0.3) is 0 Å². The Morgan fingerprint density at radius 1 is 1.05 bits per heavy atom. The Morgan fingerprint density at radius 2 is 1.65 bits per heavy atom. The molecular weight excluding hydrogens is 275 g/mol. The quantitative estimate of drug-likeness (QED) is 0.513. The Balaban J connectivity index is 2.38. The van der Waals surface area contributed by atoms with Gasteiger partial charge >= 0.3 is 8.80 Å². The first kappa shape index (κ1) is 17.3. The molecule has 0 radical (unpaired) electrons. The number of rotatable bonds is 9. The molecule has 5 heteroatoms. The summed E-state index contributed by atoms with van der Waals surface area (Å²) < 4.78 is 29.7. The van der Waals surface area contributed by atoms with Crippen molar-refractivity contribution in [2.24, 2.45) is 0 Å². The topological polar surface area (TPSA) is 27.7 Å². The van der Waals surface area contributed by atoms with E-state index in [1.54, 1.807) is 14.2 Å². The monoisotopic (exact) mass is 300 g/mol. The van der Waals surface area contributed by atoms with Crippen LogP contribution in [-0.2, 0) is 19.7 Å². The summed E-state index contributed by atoms with van der Waals surface area (Å²) in [7, 11) is 0.788. The number of halogens is 1. The van der Waals surface area contributed by atoms with Crippen molar-refractivity contribution < 1.29 is 17.7 Å². The van der Waals surface area contributed by atoms with Gasteiger partial charge in [0.15, 0.2) is 0 Å². The number of unbranched alkanes of at least 4 members (excludes halogenated alkanes) is 1. The van der Waals surface area contributed by atoms with Crippen molar-refractivity contribution in [1.82, 2.24) is 0 Å². The van der Waals surface area contributed by atoms with Crippen LogP contribution in [0, 0.1) is 5.82 Å². The van der Waals surface area contributed by atoms with E-state index in [0.717, 1.165) is 30.9 Å². The average molecular weight is 300 g/mol. The fraction of sp³-hybridized carbons (Fsp3) is 0.600. The maximum atomic E-state index is 12.8. The van der Waals surface area contributed by atoms with Crippen LogP contribution in [0.4, 0.5) is 4.39 Å². The zero-order chi connectivity index (χ0) is 15.0. The second kappa shape index (κ2) is 8.52. The van der Waals surface area contributed by atoms with Crippen LogP contribution < -0.4 is 0 Å². The lowest BCUT2D eigenvalue weighted by atomic mass is 10.1. The molecule has 0 atom stereocenters. The minimum atomic E-state index is -2.51. The molecule has 0 fully saturated rings. The maximum Gasteiger partial charge on any atom is 0.500 e. The smallest absolute Gasteiger partial charge is 0.377 e. The summed E-state index contributed by atoms with van der Waals surface area (Å²) in [6.07, 6.45) is 3.01. The average Bonchev–Trinajstić information content (AvgIpc) is 2.44. The molecule has 0 aliphatic heterocycles. The van der Waals surface area contributed by atoms with Crippen molar-refractivity contribution in [2.75, 3.05) is 14.2 Å². The van der Waals surface area contributed by atoms with Gasteiger partial charge in [0.1, 0.15) is 5.82 Å². The van der Waals surface area contributed by atoms with Gasteiger partial charge in [-0.3, -0.25) is 0 Å². The molecule has 1 rings (SSSR count). The summed E-state index contributed by atoms with van der Waals surface area (Å²) in [5, 5.41) is 0. The molecule has 114 valence electrons. The van der Waals surface area contributed by atoms with Crippen LogP contribution in [-0.4, -0.2) is 29.1 Å². The normalized spacial score (nSPS) is 12.1. The third kappa shape index (κ3) is 5.71. The SMILES string of the molecule is CO[Si](CCCCc1ccc(F)cc1)(OC)OC(C)C. The molecular formula is C15H25FO3Si. The molecule has 0 saturated carbocycles. The molecule has 0 spiro atoms. The van der Waals surface area contributed by atoms with Crippen molar-refractivity contribution in [1.29, 1.82) is 0 Å². The Morgan fingerprint density at radius 3 is 2.15 bits per heavy atom. The van der Waals surface area contributed by atoms with Gasteiger partial charge in [-0.2, -0.15) is 0 Å². The van der Waals surface area contributed by atoms with Gasteiger partial charge < -0.3 is 13.3 Å². The van der Waals surface area contributed by atoms with Crippen LogP contribution in [0.2, 0.25) is 6.04 Å². The van der Waals surface area contributed by atoms with E-state index in [-0.39, 0.29) is 11.9 Å². The minimum Gasteiger partial charge on any atom is -0.377 e. The number of hydrogen-bond donors (Lipinski definition) is 0. The maximum absolute atomic E-state index is 12.8. The molecule has 0 amide bonds. The lowest BCUT2D eigenvalue weighted by molar-refractivity contribution is 0.0694.